The van der Waals surface area contributed by atoms with Gasteiger partial charge in [0.2, 0.25) is 0 Å². The molecule has 0 N–H and O–H groups in total. The van der Waals surface area contributed by atoms with Gasteiger partial charge in [0.05, 0.1) is 19.3 Å². The molecule has 14 heavy (non-hydrogen) atoms. The Hall–Kier alpha value is -0.830. The van der Waals surface area contributed by atoms with E-state index in [4.69, 9.17) is 4.74 Å². The molecule has 3 atom stereocenters. The topological polar surface area (TPSA) is 35.5 Å². The zero-order valence-corrected chi connectivity index (χ0v) is 8.44. The van der Waals surface area contributed by atoms with Gasteiger partial charge in [-0.3, -0.25) is 0 Å². The first-order valence-electron chi connectivity index (χ1n) is 5.21. The summed E-state index contributed by atoms with van der Waals surface area (Å²) in [4.78, 5) is 10.9. The summed E-state index contributed by atoms with van der Waals surface area (Å²) in [6.45, 7) is 0. The lowest BCUT2D eigenvalue weighted by molar-refractivity contribution is -0.134. The second-order valence-electron chi connectivity index (χ2n) is 4.02. The van der Waals surface area contributed by atoms with E-state index >= 15 is 0 Å². The highest BCUT2D eigenvalue weighted by molar-refractivity contribution is 5.81. The number of hydrogen-bond donors (Lipinski definition) is 0. The fourth-order valence-corrected chi connectivity index (χ4v) is 2.41. The van der Waals surface area contributed by atoms with Gasteiger partial charge in [0.1, 0.15) is 0 Å². The molecule has 2 rings (SSSR count). The Balaban J connectivity index is 1.84. The first-order chi connectivity index (χ1) is 6.79. The van der Waals surface area contributed by atoms with Crippen LogP contribution < -0.4 is 0 Å². The Kier molecular flexibility index (Phi) is 2.87. The van der Waals surface area contributed by atoms with Crippen LogP contribution in [0.2, 0.25) is 0 Å². The van der Waals surface area contributed by atoms with Crippen molar-refractivity contribution in [3.8, 4) is 0 Å². The van der Waals surface area contributed by atoms with Gasteiger partial charge in [-0.15, -0.1) is 0 Å². The van der Waals surface area contributed by atoms with Crippen molar-refractivity contribution in [1.82, 2.24) is 0 Å². The number of carbonyl (C=O) groups excluding carboxylic acids is 1. The van der Waals surface area contributed by atoms with Crippen LogP contribution in [0.15, 0.2) is 12.2 Å². The number of carbonyl (C=O) groups is 1. The summed E-state index contributed by atoms with van der Waals surface area (Å²) in [5.41, 5.74) is 0. The Morgan fingerprint density at radius 1 is 1.50 bits per heavy atom. The highest BCUT2D eigenvalue weighted by Crippen LogP contribution is 2.39. The summed E-state index contributed by atoms with van der Waals surface area (Å²) in [6.07, 6.45) is 8.70. The first kappa shape index (κ1) is 9.71. The fourth-order valence-electron chi connectivity index (χ4n) is 2.41. The van der Waals surface area contributed by atoms with Crippen LogP contribution in [0.3, 0.4) is 0 Å². The van der Waals surface area contributed by atoms with E-state index in [9.17, 15) is 4.79 Å². The monoisotopic (exact) mass is 196 g/mol. The van der Waals surface area contributed by atoms with Gasteiger partial charge in [0, 0.05) is 6.08 Å². The van der Waals surface area contributed by atoms with Crippen LogP contribution in [0.5, 0.6) is 0 Å². The molecule has 1 saturated heterocycles. The van der Waals surface area contributed by atoms with E-state index in [-0.39, 0.29) is 12.1 Å². The predicted molar refractivity (Wildman–Crippen MR) is 51.8 cm³/mol. The Morgan fingerprint density at radius 3 is 3.07 bits per heavy atom. The van der Waals surface area contributed by atoms with Crippen LogP contribution in [-0.4, -0.2) is 25.3 Å². The molecule has 0 aromatic carbocycles. The van der Waals surface area contributed by atoms with Crippen LogP contribution in [-0.2, 0) is 14.3 Å². The normalized spacial score (nSPS) is 36.2. The molecule has 1 saturated carbocycles. The van der Waals surface area contributed by atoms with Crippen molar-refractivity contribution in [2.45, 2.75) is 37.9 Å². The Bertz CT molecular complexity index is 235. The van der Waals surface area contributed by atoms with Gasteiger partial charge < -0.3 is 9.47 Å². The summed E-state index contributed by atoms with van der Waals surface area (Å²) in [6, 6.07) is 0. The zero-order valence-electron chi connectivity index (χ0n) is 8.44. The highest BCUT2D eigenvalue weighted by atomic mass is 16.5. The summed E-state index contributed by atoms with van der Waals surface area (Å²) in [5, 5.41) is 0. The highest BCUT2D eigenvalue weighted by Gasteiger charge is 2.37. The third-order valence-corrected chi connectivity index (χ3v) is 3.12. The number of ether oxygens (including phenoxy) is 2. The molecule has 0 spiro atoms. The molecule has 0 radical (unpaired) electrons. The summed E-state index contributed by atoms with van der Waals surface area (Å²) in [7, 11) is 1.39. The molecule has 0 aromatic heterocycles. The number of esters is 1. The average Bonchev–Trinajstić information content (AvgIpc) is 2.73. The maximum Gasteiger partial charge on any atom is 0.330 e. The lowest BCUT2D eigenvalue weighted by atomic mass is 10.0. The molecule has 1 aliphatic carbocycles. The molecule has 2 fully saturated rings. The minimum Gasteiger partial charge on any atom is -0.466 e. The number of fused-ring (bicyclic) bond motifs is 1. The lowest BCUT2D eigenvalue weighted by Crippen LogP contribution is -2.08. The molecular formula is C11H16O3. The van der Waals surface area contributed by atoms with Crippen molar-refractivity contribution >= 4 is 5.97 Å². The SMILES string of the molecule is COC(=O)/C=C/C1C[C@H]2CCC[C@H]2O1. The van der Waals surface area contributed by atoms with E-state index in [0.717, 1.165) is 12.3 Å². The number of rotatable bonds is 2. The molecule has 1 aliphatic heterocycles. The number of hydrogen-bond acceptors (Lipinski definition) is 3. The maximum absolute atomic E-state index is 10.9. The molecule has 3 heteroatoms. The minimum absolute atomic E-state index is 0.129. The van der Waals surface area contributed by atoms with E-state index in [1.807, 2.05) is 6.08 Å². The van der Waals surface area contributed by atoms with Crippen molar-refractivity contribution in [3.05, 3.63) is 12.2 Å². The van der Waals surface area contributed by atoms with Gasteiger partial charge in [-0.05, 0) is 31.3 Å². The average molecular weight is 196 g/mol. The molecule has 0 amide bonds. The quantitative estimate of drug-likeness (QED) is 0.498. The van der Waals surface area contributed by atoms with Crippen LogP contribution in [0.25, 0.3) is 0 Å². The van der Waals surface area contributed by atoms with Gasteiger partial charge in [0.15, 0.2) is 0 Å². The Labute approximate surface area is 84.1 Å². The van der Waals surface area contributed by atoms with Crippen LogP contribution >= 0.6 is 0 Å². The van der Waals surface area contributed by atoms with E-state index in [1.54, 1.807) is 0 Å². The third kappa shape index (κ3) is 1.98. The second kappa shape index (κ2) is 4.13. The van der Waals surface area contributed by atoms with Crippen molar-refractivity contribution in [3.63, 3.8) is 0 Å². The first-order valence-corrected chi connectivity index (χ1v) is 5.21. The minimum atomic E-state index is -0.300. The van der Waals surface area contributed by atoms with Crippen molar-refractivity contribution in [1.29, 1.82) is 0 Å². The van der Waals surface area contributed by atoms with E-state index in [2.05, 4.69) is 4.74 Å². The van der Waals surface area contributed by atoms with Gasteiger partial charge in [-0.25, -0.2) is 4.79 Å². The molecule has 1 unspecified atom stereocenters. The fraction of sp³-hybridized carbons (Fsp3) is 0.727. The maximum atomic E-state index is 10.9. The van der Waals surface area contributed by atoms with Crippen LogP contribution in [0.4, 0.5) is 0 Å². The van der Waals surface area contributed by atoms with Gasteiger partial charge in [0.25, 0.3) is 0 Å². The summed E-state index contributed by atoms with van der Waals surface area (Å²) < 4.78 is 10.3. The van der Waals surface area contributed by atoms with Crippen LogP contribution in [0, 0.1) is 5.92 Å². The van der Waals surface area contributed by atoms with E-state index in [0.29, 0.717) is 6.10 Å². The largest absolute Gasteiger partial charge is 0.466 e. The Morgan fingerprint density at radius 2 is 2.36 bits per heavy atom. The lowest BCUT2D eigenvalue weighted by Gasteiger charge is -2.07. The molecule has 0 aromatic rings. The smallest absolute Gasteiger partial charge is 0.330 e. The van der Waals surface area contributed by atoms with Crippen molar-refractivity contribution in [2.75, 3.05) is 7.11 Å². The van der Waals surface area contributed by atoms with Crippen molar-refractivity contribution in [2.24, 2.45) is 5.92 Å². The molecule has 2 aliphatic rings. The summed E-state index contributed by atoms with van der Waals surface area (Å²) in [5.74, 6) is 0.424. The second-order valence-corrected chi connectivity index (χ2v) is 4.02. The molecular weight excluding hydrogens is 180 g/mol. The van der Waals surface area contributed by atoms with Gasteiger partial charge in [-0.1, -0.05) is 6.42 Å². The van der Waals surface area contributed by atoms with Gasteiger partial charge >= 0.3 is 5.97 Å². The molecule has 0 bridgehead atoms. The standard InChI is InChI=1S/C11H16O3/c1-13-11(12)6-5-9-7-8-3-2-4-10(8)14-9/h5-6,8-10H,2-4,7H2,1H3/b6-5+/t8-,9?,10-/m1/s1. The van der Waals surface area contributed by atoms with E-state index in [1.165, 1.54) is 32.4 Å². The van der Waals surface area contributed by atoms with E-state index < -0.39 is 0 Å². The predicted octanol–water partition coefficient (Wildman–Crippen LogP) is 1.67. The summed E-state index contributed by atoms with van der Waals surface area (Å²) >= 11 is 0. The van der Waals surface area contributed by atoms with Gasteiger partial charge in [-0.2, -0.15) is 0 Å². The third-order valence-electron chi connectivity index (χ3n) is 3.12. The molecule has 78 valence electrons. The van der Waals surface area contributed by atoms with Crippen molar-refractivity contribution < 1.29 is 14.3 Å². The molecule has 1 heterocycles. The van der Waals surface area contributed by atoms with Crippen LogP contribution in [0.1, 0.15) is 25.7 Å². The zero-order chi connectivity index (χ0) is 9.97. The molecule has 3 nitrogen and oxygen atoms in total. The number of methoxy groups -OCH3 is 1.